The summed E-state index contributed by atoms with van der Waals surface area (Å²) in [6.45, 7) is 4.13. The summed E-state index contributed by atoms with van der Waals surface area (Å²) < 4.78 is 15.6. The van der Waals surface area contributed by atoms with Crippen LogP contribution >= 0.6 is 0 Å². The van der Waals surface area contributed by atoms with Crippen LogP contribution in [0.1, 0.15) is 38.7 Å². The Balaban J connectivity index is 2.03. The molecule has 1 aromatic rings. The van der Waals surface area contributed by atoms with E-state index in [1.165, 1.54) is 20.3 Å². The molecule has 0 radical (unpaired) electrons. The van der Waals surface area contributed by atoms with Crippen LogP contribution in [0.5, 0.6) is 11.5 Å². The van der Waals surface area contributed by atoms with E-state index in [9.17, 15) is 9.59 Å². The van der Waals surface area contributed by atoms with E-state index in [1.54, 1.807) is 24.3 Å². The minimum absolute atomic E-state index is 0.0126. The molecule has 2 rings (SSSR count). The van der Waals surface area contributed by atoms with Gasteiger partial charge in [-0.2, -0.15) is 0 Å². The Kier molecular flexibility index (Phi) is 7.06. The smallest absolute Gasteiger partial charge is 0.330 e. The number of carbonyl (C=O) groups excluding carboxylic acids is 2. The van der Waals surface area contributed by atoms with Crippen molar-refractivity contribution < 1.29 is 23.8 Å². The van der Waals surface area contributed by atoms with Crippen molar-refractivity contribution in [3.63, 3.8) is 0 Å². The monoisotopic (exact) mass is 361 g/mol. The lowest BCUT2D eigenvalue weighted by molar-refractivity contribution is -0.139. The maximum atomic E-state index is 12.6. The molecule has 0 unspecified atom stereocenters. The van der Waals surface area contributed by atoms with Crippen molar-refractivity contribution in [2.24, 2.45) is 0 Å². The van der Waals surface area contributed by atoms with Gasteiger partial charge in [0.2, 0.25) is 0 Å². The van der Waals surface area contributed by atoms with Crippen molar-refractivity contribution in [2.45, 2.75) is 45.2 Å². The molecule has 1 amide bonds. The van der Waals surface area contributed by atoms with Gasteiger partial charge in [-0.15, -0.1) is 0 Å². The predicted octanol–water partition coefficient (Wildman–Crippen LogP) is 3.05. The van der Waals surface area contributed by atoms with Gasteiger partial charge in [0.25, 0.3) is 5.91 Å². The van der Waals surface area contributed by atoms with Crippen LogP contribution in [-0.2, 0) is 14.3 Å². The first kappa shape index (κ1) is 19.8. The molecule has 1 fully saturated rings. The highest BCUT2D eigenvalue weighted by Crippen LogP contribution is 2.29. The van der Waals surface area contributed by atoms with Gasteiger partial charge in [0.1, 0.15) is 0 Å². The average molecular weight is 361 g/mol. The van der Waals surface area contributed by atoms with E-state index in [0.717, 1.165) is 24.8 Å². The molecule has 1 aromatic carbocycles. The number of esters is 1. The Morgan fingerprint density at radius 1 is 1.15 bits per heavy atom. The predicted molar refractivity (Wildman–Crippen MR) is 99.2 cm³/mol. The van der Waals surface area contributed by atoms with E-state index in [-0.39, 0.29) is 24.6 Å². The average Bonchev–Trinajstić information content (AvgIpc) is 2.64. The summed E-state index contributed by atoms with van der Waals surface area (Å²) in [6, 6.07) is 5.73. The van der Waals surface area contributed by atoms with Gasteiger partial charge < -0.3 is 19.1 Å². The molecule has 1 heterocycles. The Labute approximate surface area is 154 Å². The number of ether oxygens (including phenoxy) is 3. The van der Waals surface area contributed by atoms with Crippen molar-refractivity contribution in [2.75, 3.05) is 20.8 Å². The van der Waals surface area contributed by atoms with Crippen LogP contribution in [0.4, 0.5) is 0 Å². The number of nitrogens with zero attached hydrogens (tertiary/aromatic N) is 1. The standard InChI is InChI=1S/C20H27NO5/c1-14-6-5-7-15(2)21(14)19(22)13-26-17-10-8-16(12-18(17)24-3)9-11-20(23)25-4/h8-12,14-15H,5-7,13H2,1-4H3/b11-9+/t14-,15+. The number of rotatable bonds is 6. The molecule has 6 heteroatoms. The van der Waals surface area contributed by atoms with Crippen LogP contribution in [0.15, 0.2) is 24.3 Å². The molecule has 1 aliphatic rings. The minimum atomic E-state index is -0.431. The lowest BCUT2D eigenvalue weighted by Crippen LogP contribution is -2.49. The van der Waals surface area contributed by atoms with Gasteiger partial charge in [0.15, 0.2) is 18.1 Å². The van der Waals surface area contributed by atoms with E-state index >= 15 is 0 Å². The maximum absolute atomic E-state index is 12.6. The van der Waals surface area contributed by atoms with Crippen molar-refractivity contribution >= 4 is 18.0 Å². The minimum Gasteiger partial charge on any atom is -0.493 e. The number of hydrogen-bond acceptors (Lipinski definition) is 5. The van der Waals surface area contributed by atoms with Crippen LogP contribution in [-0.4, -0.2) is 49.7 Å². The number of carbonyl (C=O) groups is 2. The van der Waals surface area contributed by atoms with E-state index in [2.05, 4.69) is 18.6 Å². The highest BCUT2D eigenvalue weighted by atomic mass is 16.5. The second kappa shape index (κ2) is 9.27. The van der Waals surface area contributed by atoms with E-state index < -0.39 is 5.97 Å². The van der Waals surface area contributed by atoms with E-state index in [4.69, 9.17) is 9.47 Å². The highest BCUT2D eigenvalue weighted by molar-refractivity contribution is 5.87. The van der Waals surface area contributed by atoms with Crippen molar-refractivity contribution in [3.05, 3.63) is 29.8 Å². The highest BCUT2D eigenvalue weighted by Gasteiger charge is 2.29. The summed E-state index contributed by atoms with van der Waals surface area (Å²) in [6.07, 6.45) is 6.17. The quantitative estimate of drug-likeness (QED) is 0.576. The molecular weight excluding hydrogens is 334 g/mol. The van der Waals surface area contributed by atoms with Gasteiger partial charge in [-0.1, -0.05) is 6.07 Å². The number of likely N-dealkylation sites (tertiary alicyclic amines) is 1. The molecule has 1 aliphatic heterocycles. The van der Waals surface area contributed by atoms with Crippen LogP contribution in [0.3, 0.4) is 0 Å². The van der Waals surface area contributed by atoms with Gasteiger partial charge in [-0.3, -0.25) is 4.79 Å². The van der Waals surface area contributed by atoms with Gasteiger partial charge in [-0.05, 0) is 56.9 Å². The van der Waals surface area contributed by atoms with Crippen molar-refractivity contribution in [3.8, 4) is 11.5 Å². The molecule has 0 aromatic heterocycles. The number of amides is 1. The molecule has 0 aliphatic carbocycles. The molecule has 142 valence electrons. The van der Waals surface area contributed by atoms with Gasteiger partial charge in [0, 0.05) is 18.2 Å². The van der Waals surface area contributed by atoms with Crippen molar-refractivity contribution in [1.29, 1.82) is 0 Å². The Bertz CT molecular complexity index is 660. The van der Waals surface area contributed by atoms with Crippen LogP contribution in [0, 0.1) is 0 Å². The SMILES string of the molecule is COC(=O)/C=C/c1ccc(OCC(=O)N2[C@H](C)CCC[C@@H]2C)c(OC)c1. The summed E-state index contributed by atoms with van der Waals surface area (Å²) >= 11 is 0. The molecule has 0 bridgehead atoms. The fourth-order valence-corrected chi connectivity index (χ4v) is 3.27. The number of hydrogen-bond donors (Lipinski definition) is 0. The Morgan fingerprint density at radius 3 is 2.46 bits per heavy atom. The van der Waals surface area contributed by atoms with E-state index in [0.29, 0.717) is 11.5 Å². The van der Waals surface area contributed by atoms with Crippen LogP contribution in [0.25, 0.3) is 6.08 Å². The fraction of sp³-hybridized carbons (Fsp3) is 0.500. The van der Waals surface area contributed by atoms with Crippen molar-refractivity contribution in [1.82, 2.24) is 4.90 Å². The Morgan fingerprint density at radius 2 is 1.85 bits per heavy atom. The zero-order valence-electron chi connectivity index (χ0n) is 15.9. The second-order valence-electron chi connectivity index (χ2n) is 6.49. The zero-order chi connectivity index (χ0) is 19.1. The first-order chi connectivity index (χ1) is 12.5. The third-order valence-corrected chi connectivity index (χ3v) is 4.63. The topological polar surface area (TPSA) is 65.1 Å². The summed E-state index contributed by atoms with van der Waals surface area (Å²) in [5.41, 5.74) is 0.768. The number of methoxy groups -OCH3 is 2. The molecule has 0 spiro atoms. The molecule has 26 heavy (non-hydrogen) atoms. The first-order valence-corrected chi connectivity index (χ1v) is 8.84. The zero-order valence-corrected chi connectivity index (χ0v) is 15.9. The number of piperidine rings is 1. The largest absolute Gasteiger partial charge is 0.493 e. The molecular formula is C20H27NO5. The first-order valence-electron chi connectivity index (χ1n) is 8.84. The van der Waals surface area contributed by atoms with Gasteiger partial charge >= 0.3 is 5.97 Å². The number of benzene rings is 1. The lowest BCUT2D eigenvalue weighted by Gasteiger charge is -2.39. The lowest BCUT2D eigenvalue weighted by atomic mass is 9.97. The molecule has 0 N–H and O–H groups in total. The summed E-state index contributed by atoms with van der Waals surface area (Å²) in [7, 11) is 2.86. The van der Waals surface area contributed by atoms with Crippen LogP contribution in [0.2, 0.25) is 0 Å². The summed E-state index contributed by atoms with van der Waals surface area (Å²) in [4.78, 5) is 25.7. The molecule has 1 saturated heterocycles. The normalized spacial score (nSPS) is 20.1. The molecule has 6 nitrogen and oxygen atoms in total. The van der Waals surface area contributed by atoms with E-state index in [1.807, 2.05) is 4.90 Å². The van der Waals surface area contributed by atoms with Gasteiger partial charge in [-0.25, -0.2) is 4.79 Å². The maximum Gasteiger partial charge on any atom is 0.330 e. The van der Waals surface area contributed by atoms with Crippen LogP contribution < -0.4 is 9.47 Å². The second-order valence-corrected chi connectivity index (χ2v) is 6.49. The Hall–Kier alpha value is -2.50. The summed E-state index contributed by atoms with van der Waals surface area (Å²) in [5, 5.41) is 0. The molecule has 0 saturated carbocycles. The molecule has 2 atom stereocenters. The fourth-order valence-electron chi connectivity index (χ4n) is 3.27. The summed E-state index contributed by atoms with van der Waals surface area (Å²) in [5.74, 6) is 0.555. The third kappa shape index (κ3) is 5.00. The third-order valence-electron chi connectivity index (χ3n) is 4.63. The van der Waals surface area contributed by atoms with Gasteiger partial charge in [0.05, 0.1) is 14.2 Å².